The summed E-state index contributed by atoms with van der Waals surface area (Å²) in [6.45, 7) is 5.58. The van der Waals surface area contributed by atoms with Gasteiger partial charge in [0.25, 0.3) is 15.9 Å². The standard InChI is InChI=1S/C21H27N3O3S/c1-15-7-9-18(10-8-15)28(26,27)23-20-6-4-5-19(16(20)2)21(25)22-17-11-13-24(3)14-12-17/h4-10,17,23H,11-14H2,1-3H3,(H,22,25). The van der Waals surface area contributed by atoms with E-state index in [0.717, 1.165) is 31.5 Å². The zero-order valence-electron chi connectivity index (χ0n) is 16.5. The van der Waals surface area contributed by atoms with E-state index in [1.807, 2.05) is 6.92 Å². The SMILES string of the molecule is Cc1ccc(S(=O)(=O)Nc2cccc(C(=O)NC3CCN(C)CC3)c2C)cc1. The number of nitrogens with one attached hydrogen (secondary N) is 2. The number of rotatable bonds is 5. The fourth-order valence-electron chi connectivity index (χ4n) is 3.33. The van der Waals surface area contributed by atoms with Gasteiger partial charge in [-0.25, -0.2) is 8.42 Å². The van der Waals surface area contributed by atoms with E-state index in [4.69, 9.17) is 0 Å². The van der Waals surface area contributed by atoms with Crippen molar-refractivity contribution in [2.24, 2.45) is 0 Å². The molecule has 0 aliphatic carbocycles. The normalized spacial score (nSPS) is 16.0. The van der Waals surface area contributed by atoms with Crippen molar-refractivity contribution in [3.63, 3.8) is 0 Å². The quantitative estimate of drug-likeness (QED) is 0.807. The summed E-state index contributed by atoms with van der Waals surface area (Å²) in [5, 5.41) is 3.08. The molecule has 1 aliphatic heterocycles. The Bertz CT molecular complexity index is 947. The van der Waals surface area contributed by atoms with E-state index < -0.39 is 10.0 Å². The molecule has 1 heterocycles. The fraction of sp³-hybridized carbons (Fsp3) is 0.381. The van der Waals surface area contributed by atoms with Crippen molar-refractivity contribution in [1.82, 2.24) is 10.2 Å². The third-order valence-electron chi connectivity index (χ3n) is 5.21. The van der Waals surface area contributed by atoms with Crippen molar-refractivity contribution in [2.45, 2.75) is 37.6 Å². The number of anilines is 1. The highest BCUT2D eigenvalue weighted by molar-refractivity contribution is 7.92. The first-order valence-corrected chi connectivity index (χ1v) is 10.9. The maximum Gasteiger partial charge on any atom is 0.261 e. The molecule has 2 N–H and O–H groups in total. The molecule has 1 saturated heterocycles. The van der Waals surface area contributed by atoms with E-state index in [9.17, 15) is 13.2 Å². The first kappa shape index (κ1) is 20.4. The molecule has 0 saturated carbocycles. The molecule has 0 bridgehead atoms. The zero-order valence-corrected chi connectivity index (χ0v) is 17.3. The number of sulfonamides is 1. The molecule has 0 radical (unpaired) electrons. The Labute approximate surface area is 167 Å². The van der Waals surface area contributed by atoms with Crippen LogP contribution in [0.2, 0.25) is 0 Å². The summed E-state index contributed by atoms with van der Waals surface area (Å²) >= 11 is 0. The molecular formula is C21H27N3O3S. The summed E-state index contributed by atoms with van der Waals surface area (Å²) < 4.78 is 28.0. The van der Waals surface area contributed by atoms with Crippen molar-refractivity contribution >= 4 is 21.6 Å². The highest BCUT2D eigenvalue weighted by Crippen LogP contribution is 2.23. The van der Waals surface area contributed by atoms with Crippen LogP contribution in [0.15, 0.2) is 47.4 Å². The van der Waals surface area contributed by atoms with E-state index in [2.05, 4.69) is 22.0 Å². The van der Waals surface area contributed by atoms with Crippen LogP contribution in [-0.4, -0.2) is 45.4 Å². The Morgan fingerprint density at radius 3 is 2.32 bits per heavy atom. The molecule has 1 fully saturated rings. The third kappa shape index (κ3) is 4.72. The Kier molecular flexibility index (Phi) is 6.05. The van der Waals surface area contributed by atoms with Gasteiger partial charge < -0.3 is 10.2 Å². The van der Waals surface area contributed by atoms with Crippen LogP contribution >= 0.6 is 0 Å². The number of amides is 1. The van der Waals surface area contributed by atoms with Crippen molar-refractivity contribution < 1.29 is 13.2 Å². The van der Waals surface area contributed by atoms with Gasteiger partial charge in [-0.15, -0.1) is 0 Å². The van der Waals surface area contributed by atoms with Gasteiger partial charge >= 0.3 is 0 Å². The molecule has 2 aromatic rings. The van der Waals surface area contributed by atoms with Crippen LogP contribution in [0, 0.1) is 13.8 Å². The lowest BCUT2D eigenvalue weighted by molar-refractivity contribution is 0.0916. The van der Waals surface area contributed by atoms with Gasteiger partial charge in [0, 0.05) is 11.6 Å². The summed E-state index contributed by atoms with van der Waals surface area (Å²) in [5.41, 5.74) is 2.51. The average Bonchev–Trinajstić information content (AvgIpc) is 2.65. The van der Waals surface area contributed by atoms with E-state index in [0.29, 0.717) is 16.8 Å². The van der Waals surface area contributed by atoms with Crippen LogP contribution in [-0.2, 0) is 10.0 Å². The second-order valence-corrected chi connectivity index (χ2v) is 9.13. The molecule has 3 rings (SSSR count). The van der Waals surface area contributed by atoms with Crippen LogP contribution in [0.25, 0.3) is 0 Å². The Morgan fingerprint density at radius 1 is 1.04 bits per heavy atom. The summed E-state index contributed by atoms with van der Waals surface area (Å²) in [6.07, 6.45) is 1.84. The summed E-state index contributed by atoms with van der Waals surface area (Å²) in [6, 6.07) is 11.9. The smallest absolute Gasteiger partial charge is 0.261 e. The van der Waals surface area contributed by atoms with E-state index in [-0.39, 0.29) is 16.8 Å². The first-order chi connectivity index (χ1) is 13.3. The monoisotopic (exact) mass is 401 g/mol. The Morgan fingerprint density at radius 2 is 1.68 bits per heavy atom. The van der Waals surface area contributed by atoms with E-state index in [1.54, 1.807) is 49.4 Å². The molecule has 28 heavy (non-hydrogen) atoms. The molecule has 2 aromatic carbocycles. The molecule has 1 amide bonds. The van der Waals surface area contributed by atoms with Crippen LogP contribution in [0.4, 0.5) is 5.69 Å². The summed E-state index contributed by atoms with van der Waals surface area (Å²) in [5.74, 6) is -0.163. The lowest BCUT2D eigenvalue weighted by Crippen LogP contribution is -2.43. The molecule has 7 heteroatoms. The van der Waals surface area contributed by atoms with Gasteiger partial charge in [-0.2, -0.15) is 0 Å². The lowest BCUT2D eigenvalue weighted by Gasteiger charge is -2.29. The van der Waals surface area contributed by atoms with E-state index in [1.165, 1.54) is 0 Å². The molecule has 0 spiro atoms. The number of carbonyl (C=O) groups is 1. The first-order valence-electron chi connectivity index (χ1n) is 9.45. The third-order valence-corrected chi connectivity index (χ3v) is 6.59. The largest absolute Gasteiger partial charge is 0.349 e. The van der Waals surface area contributed by atoms with Gasteiger partial charge in [0.2, 0.25) is 0 Å². The van der Waals surface area contributed by atoms with Crippen molar-refractivity contribution in [3.8, 4) is 0 Å². The average molecular weight is 402 g/mol. The van der Waals surface area contributed by atoms with Crippen molar-refractivity contribution in [2.75, 3.05) is 24.9 Å². The minimum Gasteiger partial charge on any atom is -0.349 e. The maximum absolute atomic E-state index is 12.7. The number of hydrogen-bond donors (Lipinski definition) is 2. The van der Waals surface area contributed by atoms with Gasteiger partial charge in [0.1, 0.15) is 0 Å². The molecule has 1 aliphatic rings. The second-order valence-electron chi connectivity index (χ2n) is 7.45. The van der Waals surface area contributed by atoms with Crippen LogP contribution < -0.4 is 10.0 Å². The summed E-state index contributed by atoms with van der Waals surface area (Å²) in [7, 11) is -1.64. The number of carbonyl (C=O) groups excluding carboxylic acids is 1. The Balaban J connectivity index is 1.77. The predicted molar refractivity (Wildman–Crippen MR) is 111 cm³/mol. The molecular weight excluding hydrogens is 374 g/mol. The molecule has 6 nitrogen and oxygen atoms in total. The topological polar surface area (TPSA) is 78.5 Å². The lowest BCUT2D eigenvalue weighted by atomic mass is 10.0. The van der Waals surface area contributed by atoms with Crippen LogP contribution in [0.1, 0.15) is 34.3 Å². The van der Waals surface area contributed by atoms with Crippen molar-refractivity contribution in [3.05, 3.63) is 59.2 Å². The van der Waals surface area contributed by atoms with Gasteiger partial charge in [0.05, 0.1) is 10.6 Å². The number of hydrogen-bond acceptors (Lipinski definition) is 4. The van der Waals surface area contributed by atoms with Crippen LogP contribution in [0.5, 0.6) is 0 Å². The minimum absolute atomic E-state index is 0.149. The van der Waals surface area contributed by atoms with Crippen molar-refractivity contribution in [1.29, 1.82) is 0 Å². The zero-order chi connectivity index (χ0) is 20.3. The second kappa shape index (κ2) is 8.32. The molecule has 0 aromatic heterocycles. The predicted octanol–water partition coefficient (Wildman–Crippen LogP) is 2.93. The number of nitrogens with zero attached hydrogens (tertiary/aromatic N) is 1. The molecule has 0 unspecified atom stereocenters. The number of aryl methyl sites for hydroxylation is 1. The Hall–Kier alpha value is -2.38. The number of benzene rings is 2. The summed E-state index contributed by atoms with van der Waals surface area (Å²) in [4.78, 5) is 15.2. The van der Waals surface area contributed by atoms with Gasteiger partial charge in [0.15, 0.2) is 0 Å². The highest BCUT2D eigenvalue weighted by atomic mass is 32.2. The van der Waals surface area contributed by atoms with Crippen LogP contribution in [0.3, 0.4) is 0 Å². The minimum atomic E-state index is -3.72. The highest BCUT2D eigenvalue weighted by Gasteiger charge is 2.22. The van der Waals surface area contributed by atoms with Gasteiger partial charge in [-0.05, 0) is 76.7 Å². The van der Waals surface area contributed by atoms with Gasteiger partial charge in [-0.3, -0.25) is 9.52 Å². The molecule has 0 atom stereocenters. The fourth-order valence-corrected chi connectivity index (χ4v) is 4.45. The van der Waals surface area contributed by atoms with E-state index >= 15 is 0 Å². The maximum atomic E-state index is 12.7. The number of likely N-dealkylation sites (tertiary alicyclic amines) is 1. The number of piperidine rings is 1. The van der Waals surface area contributed by atoms with Gasteiger partial charge in [-0.1, -0.05) is 23.8 Å². The molecule has 150 valence electrons.